The summed E-state index contributed by atoms with van der Waals surface area (Å²) in [5, 5.41) is 3.13. The smallest absolute Gasteiger partial charge is 0.333 e. The molecule has 0 bridgehead atoms. The van der Waals surface area contributed by atoms with Gasteiger partial charge in [0.25, 0.3) is 0 Å². The van der Waals surface area contributed by atoms with Gasteiger partial charge >= 0.3 is 5.97 Å². The lowest BCUT2D eigenvalue weighted by atomic mass is 10.1. The van der Waals surface area contributed by atoms with Gasteiger partial charge in [0.15, 0.2) is 6.04 Å². The molecule has 25 heavy (non-hydrogen) atoms. The van der Waals surface area contributed by atoms with Crippen molar-refractivity contribution < 1.29 is 13.9 Å². The van der Waals surface area contributed by atoms with Gasteiger partial charge in [0.1, 0.15) is 5.82 Å². The number of rotatable bonds is 8. The standard InChI is InChI=1S/C20H25FN2O2/c1-4-23(5-2)18-13-7-15(8-14-18)19(20(24)25-6-3)22-17-11-9-16(21)10-12-17/h7-14,19,22H,4-6H2,1-3H3. The van der Waals surface area contributed by atoms with Gasteiger partial charge in [0, 0.05) is 24.5 Å². The number of hydrogen-bond donors (Lipinski definition) is 1. The van der Waals surface area contributed by atoms with Crippen LogP contribution in [0.15, 0.2) is 48.5 Å². The highest BCUT2D eigenvalue weighted by Crippen LogP contribution is 2.24. The molecule has 0 fully saturated rings. The Hall–Kier alpha value is -2.56. The highest BCUT2D eigenvalue weighted by molar-refractivity contribution is 5.81. The van der Waals surface area contributed by atoms with Gasteiger partial charge in [-0.3, -0.25) is 0 Å². The van der Waals surface area contributed by atoms with E-state index in [9.17, 15) is 9.18 Å². The monoisotopic (exact) mass is 344 g/mol. The van der Waals surface area contributed by atoms with Crippen LogP contribution in [-0.4, -0.2) is 25.7 Å². The van der Waals surface area contributed by atoms with Gasteiger partial charge in [0.2, 0.25) is 0 Å². The average Bonchev–Trinajstić information content (AvgIpc) is 2.63. The Labute approximate surface area is 148 Å². The van der Waals surface area contributed by atoms with Gasteiger partial charge in [-0.05, 0) is 62.7 Å². The van der Waals surface area contributed by atoms with Crippen molar-refractivity contribution >= 4 is 17.3 Å². The van der Waals surface area contributed by atoms with E-state index in [0.717, 1.165) is 24.3 Å². The SMILES string of the molecule is CCOC(=O)C(Nc1ccc(F)cc1)c1ccc(N(CC)CC)cc1. The van der Waals surface area contributed by atoms with Crippen LogP contribution in [0.4, 0.5) is 15.8 Å². The Morgan fingerprint density at radius 1 is 1.04 bits per heavy atom. The van der Waals surface area contributed by atoms with E-state index in [1.807, 2.05) is 24.3 Å². The summed E-state index contributed by atoms with van der Waals surface area (Å²) in [6.45, 7) is 8.13. The van der Waals surface area contributed by atoms with Crippen LogP contribution in [0.5, 0.6) is 0 Å². The molecule has 134 valence electrons. The number of carbonyl (C=O) groups excluding carboxylic acids is 1. The molecule has 2 aromatic rings. The summed E-state index contributed by atoms with van der Waals surface area (Å²) in [5.41, 5.74) is 2.57. The van der Waals surface area contributed by atoms with Gasteiger partial charge in [0.05, 0.1) is 6.61 Å². The van der Waals surface area contributed by atoms with Gasteiger partial charge in [-0.1, -0.05) is 12.1 Å². The van der Waals surface area contributed by atoms with Crippen molar-refractivity contribution in [3.8, 4) is 0 Å². The van der Waals surface area contributed by atoms with Crippen LogP contribution < -0.4 is 10.2 Å². The lowest BCUT2D eigenvalue weighted by Crippen LogP contribution is -2.24. The Morgan fingerprint density at radius 2 is 1.64 bits per heavy atom. The van der Waals surface area contributed by atoms with Crippen molar-refractivity contribution in [3.05, 3.63) is 59.9 Å². The second kappa shape index (κ2) is 9.06. The number of ether oxygens (including phenoxy) is 1. The summed E-state index contributed by atoms with van der Waals surface area (Å²) < 4.78 is 18.3. The van der Waals surface area contributed by atoms with Crippen LogP contribution in [0.1, 0.15) is 32.4 Å². The zero-order valence-corrected chi connectivity index (χ0v) is 15.0. The lowest BCUT2D eigenvalue weighted by molar-refractivity contribution is -0.144. The van der Waals surface area contributed by atoms with Crippen LogP contribution in [0.3, 0.4) is 0 Å². The van der Waals surface area contributed by atoms with Crippen molar-refractivity contribution in [3.63, 3.8) is 0 Å². The first-order valence-corrected chi connectivity index (χ1v) is 8.62. The van der Waals surface area contributed by atoms with Gasteiger partial charge in [-0.25, -0.2) is 9.18 Å². The van der Waals surface area contributed by atoms with E-state index in [2.05, 4.69) is 24.1 Å². The molecule has 0 aliphatic heterocycles. The lowest BCUT2D eigenvalue weighted by Gasteiger charge is -2.23. The number of nitrogens with one attached hydrogen (secondary N) is 1. The van der Waals surface area contributed by atoms with Gasteiger partial charge in [-0.15, -0.1) is 0 Å². The molecule has 2 rings (SSSR count). The van der Waals surface area contributed by atoms with E-state index >= 15 is 0 Å². The maximum Gasteiger partial charge on any atom is 0.333 e. The van der Waals surface area contributed by atoms with Crippen LogP contribution in [0, 0.1) is 5.82 Å². The van der Waals surface area contributed by atoms with Gasteiger partial charge < -0.3 is 15.0 Å². The fourth-order valence-corrected chi connectivity index (χ4v) is 2.68. The first kappa shape index (κ1) is 18.8. The number of hydrogen-bond acceptors (Lipinski definition) is 4. The molecule has 5 heteroatoms. The molecule has 0 amide bonds. The zero-order chi connectivity index (χ0) is 18.2. The Bertz CT molecular complexity index is 667. The van der Waals surface area contributed by atoms with Crippen molar-refractivity contribution in [2.75, 3.05) is 29.9 Å². The van der Waals surface area contributed by atoms with E-state index in [-0.39, 0.29) is 11.8 Å². The van der Waals surface area contributed by atoms with E-state index in [0.29, 0.717) is 12.3 Å². The molecule has 0 heterocycles. The first-order valence-electron chi connectivity index (χ1n) is 8.62. The number of benzene rings is 2. The maximum absolute atomic E-state index is 13.1. The summed E-state index contributed by atoms with van der Waals surface area (Å²) >= 11 is 0. The predicted octanol–water partition coefficient (Wildman–Crippen LogP) is 4.39. The van der Waals surface area contributed by atoms with Crippen LogP contribution in [0.25, 0.3) is 0 Å². The van der Waals surface area contributed by atoms with E-state index in [1.165, 1.54) is 12.1 Å². The van der Waals surface area contributed by atoms with Gasteiger partial charge in [-0.2, -0.15) is 0 Å². The fraction of sp³-hybridized carbons (Fsp3) is 0.350. The maximum atomic E-state index is 13.1. The molecule has 1 N–H and O–H groups in total. The van der Waals surface area contributed by atoms with Crippen LogP contribution in [0.2, 0.25) is 0 Å². The Kier molecular flexibility index (Phi) is 6.81. The summed E-state index contributed by atoms with van der Waals surface area (Å²) in [7, 11) is 0. The molecular weight excluding hydrogens is 319 g/mol. The third-order valence-electron chi connectivity index (χ3n) is 4.03. The molecule has 4 nitrogen and oxygen atoms in total. The predicted molar refractivity (Wildman–Crippen MR) is 99.4 cm³/mol. The van der Waals surface area contributed by atoms with Crippen molar-refractivity contribution in [2.24, 2.45) is 0 Å². The third-order valence-corrected chi connectivity index (χ3v) is 4.03. The number of nitrogens with zero attached hydrogens (tertiary/aromatic N) is 1. The highest BCUT2D eigenvalue weighted by Gasteiger charge is 2.22. The Morgan fingerprint density at radius 3 is 2.16 bits per heavy atom. The first-order chi connectivity index (χ1) is 12.1. The molecule has 0 saturated heterocycles. The molecule has 0 aromatic heterocycles. The summed E-state index contributed by atoms with van der Waals surface area (Å²) in [6, 6.07) is 13.1. The number of carbonyl (C=O) groups is 1. The van der Waals surface area contributed by atoms with Crippen molar-refractivity contribution in [2.45, 2.75) is 26.8 Å². The zero-order valence-electron chi connectivity index (χ0n) is 15.0. The number of esters is 1. The van der Waals surface area contributed by atoms with Crippen LogP contribution in [-0.2, 0) is 9.53 Å². The molecule has 0 aliphatic carbocycles. The minimum Gasteiger partial charge on any atom is -0.464 e. The molecule has 0 spiro atoms. The van der Waals surface area contributed by atoms with E-state index in [1.54, 1.807) is 19.1 Å². The minimum atomic E-state index is -0.642. The fourth-order valence-electron chi connectivity index (χ4n) is 2.68. The average molecular weight is 344 g/mol. The van der Waals surface area contributed by atoms with Crippen LogP contribution >= 0.6 is 0 Å². The minimum absolute atomic E-state index is 0.304. The van der Waals surface area contributed by atoms with Crippen molar-refractivity contribution in [1.29, 1.82) is 0 Å². The Balaban J connectivity index is 2.25. The molecule has 1 atom stereocenters. The largest absolute Gasteiger partial charge is 0.464 e. The summed E-state index contributed by atoms with van der Waals surface area (Å²) in [4.78, 5) is 14.6. The topological polar surface area (TPSA) is 41.6 Å². The molecule has 0 radical (unpaired) electrons. The second-order valence-electron chi connectivity index (χ2n) is 5.60. The van der Waals surface area contributed by atoms with E-state index in [4.69, 9.17) is 4.74 Å². The number of anilines is 2. The third kappa shape index (κ3) is 4.95. The summed E-state index contributed by atoms with van der Waals surface area (Å²) in [6.07, 6.45) is 0. The molecule has 0 saturated carbocycles. The highest BCUT2D eigenvalue weighted by atomic mass is 19.1. The normalized spacial score (nSPS) is 11.7. The van der Waals surface area contributed by atoms with E-state index < -0.39 is 6.04 Å². The summed E-state index contributed by atoms with van der Waals surface area (Å²) in [5.74, 6) is -0.677. The van der Waals surface area contributed by atoms with Crippen molar-refractivity contribution in [1.82, 2.24) is 0 Å². The second-order valence-corrected chi connectivity index (χ2v) is 5.60. The molecule has 1 unspecified atom stereocenters. The quantitative estimate of drug-likeness (QED) is 0.721. The molecule has 2 aromatic carbocycles. The number of halogens is 1. The molecule has 0 aliphatic rings. The molecular formula is C20H25FN2O2.